The summed E-state index contributed by atoms with van der Waals surface area (Å²) >= 11 is 0. The molecule has 3 rings (SSSR count). The molecule has 0 spiro atoms. The van der Waals surface area contributed by atoms with Gasteiger partial charge in [0.1, 0.15) is 11.6 Å². The number of carbonyl (C=O) groups is 1. The number of ether oxygens (including phenoxy) is 1. The Morgan fingerprint density at radius 2 is 1.88 bits per heavy atom. The van der Waals surface area contributed by atoms with Crippen molar-refractivity contribution >= 4 is 17.5 Å². The molecule has 138 valence electrons. The van der Waals surface area contributed by atoms with Crippen molar-refractivity contribution in [1.29, 1.82) is 0 Å². The predicted octanol–water partition coefficient (Wildman–Crippen LogP) is 3.47. The normalized spacial score (nSPS) is 15.0. The second-order valence-electron chi connectivity index (χ2n) is 5.95. The van der Waals surface area contributed by atoms with Gasteiger partial charge in [0.2, 0.25) is 0 Å². The number of pyridine rings is 1. The van der Waals surface area contributed by atoms with E-state index in [1.54, 1.807) is 6.20 Å². The van der Waals surface area contributed by atoms with Crippen molar-refractivity contribution < 1.29 is 18.3 Å². The molecule has 26 heavy (non-hydrogen) atoms. The maximum Gasteiger partial charge on any atom is 0.387 e. The van der Waals surface area contributed by atoms with Crippen LogP contribution in [0.15, 0.2) is 48.7 Å². The van der Waals surface area contributed by atoms with Crippen molar-refractivity contribution in [3.8, 4) is 5.75 Å². The molecule has 6 nitrogen and oxygen atoms in total. The SMILES string of the molecule is O=C(Nc1ccc(OC(F)F)cc1)NC1CCN(c2ccccn2)CC1. The van der Waals surface area contributed by atoms with Gasteiger partial charge in [0.05, 0.1) is 0 Å². The van der Waals surface area contributed by atoms with Gasteiger partial charge in [-0.05, 0) is 49.2 Å². The second kappa shape index (κ2) is 8.46. The molecule has 0 radical (unpaired) electrons. The molecule has 2 aromatic rings. The quantitative estimate of drug-likeness (QED) is 0.855. The molecule has 1 aliphatic rings. The number of anilines is 2. The number of nitrogens with zero attached hydrogens (tertiary/aromatic N) is 2. The molecule has 2 heterocycles. The number of alkyl halides is 2. The van der Waals surface area contributed by atoms with E-state index >= 15 is 0 Å². The number of amides is 2. The average molecular weight is 362 g/mol. The Kier molecular flexibility index (Phi) is 5.83. The Morgan fingerprint density at radius 3 is 2.50 bits per heavy atom. The Labute approximate surface area is 150 Å². The van der Waals surface area contributed by atoms with Gasteiger partial charge in [-0.1, -0.05) is 6.07 Å². The summed E-state index contributed by atoms with van der Waals surface area (Å²) in [6, 6.07) is 11.4. The number of aromatic nitrogens is 1. The number of benzene rings is 1. The zero-order valence-electron chi connectivity index (χ0n) is 14.1. The molecule has 1 fully saturated rings. The van der Waals surface area contributed by atoms with Crippen LogP contribution in [0.2, 0.25) is 0 Å². The lowest BCUT2D eigenvalue weighted by atomic mass is 10.1. The highest BCUT2D eigenvalue weighted by Gasteiger charge is 2.21. The molecule has 0 bridgehead atoms. The van der Waals surface area contributed by atoms with Gasteiger partial charge in [0.25, 0.3) is 0 Å². The number of halogens is 2. The zero-order chi connectivity index (χ0) is 18.4. The fourth-order valence-electron chi connectivity index (χ4n) is 2.87. The van der Waals surface area contributed by atoms with Gasteiger partial charge in [-0.3, -0.25) is 0 Å². The monoisotopic (exact) mass is 362 g/mol. The van der Waals surface area contributed by atoms with E-state index in [-0.39, 0.29) is 17.8 Å². The summed E-state index contributed by atoms with van der Waals surface area (Å²) in [5.74, 6) is 0.995. The van der Waals surface area contributed by atoms with Crippen LogP contribution >= 0.6 is 0 Å². The third-order valence-electron chi connectivity index (χ3n) is 4.14. The van der Waals surface area contributed by atoms with E-state index in [2.05, 4.69) is 25.3 Å². The molecule has 0 aliphatic carbocycles. The number of rotatable bonds is 5. The van der Waals surface area contributed by atoms with Gasteiger partial charge >= 0.3 is 12.6 Å². The molecular formula is C18H20F2N4O2. The van der Waals surface area contributed by atoms with E-state index < -0.39 is 6.61 Å². The van der Waals surface area contributed by atoms with Crippen molar-refractivity contribution in [1.82, 2.24) is 10.3 Å². The van der Waals surface area contributed by atoms with Gasteiger partial charge in [0, 0.05) is 31.0 Å². The van der Waals surface area contributed by atoms with Crippen LogP contribution in [0.25, 0.3) is 0 Å². The fourth-order valence-corrected chi connectivity index (χ4v) is 2.87. The maximum atomic E-state index is 12.1. The number of hydrogen-bond acceptors (Lipinski definition) is 4. The van der Waals surface area contributed by atoms with Crippen LogP contribution < -0.4 is 20.3 Å². The predicted molar refractivity (Wildman–Crippen MR) is 94.7 cm³/mol. The van der Waals surface area contributed by atoms with Crippen LogP contribution in [-0.4, -0.2) is 36.8 Å². The third-order valence-corrected chi connectivity index (χ3v) is 4.14. The number of carbonyl (C=O) groups excluding carboxylic acids is 1. The average Bonchev–Trinajstić information content (AvgIpc) is 2.64. The van der Waals surface area contributed by atoms with E-state index in [1.807, 2.05) is 18.2 Å². The highest BCUT2D eigenvalue weighted by Crippen LogP contribution is 2.19. The van der Waals surface area contributed by atoms with E-state index in [9.17, 15) is 13.6 Å². The summed E-state index contributed by atoms with van der Waals surface area (Å²) in [7, 11) is 0. The Bertz CT molecular complexity index is 705. The number of piperidine rings is 1. The lowest BCUT2D eigenvalue weighted by Crippen LogP contribution is -2.46. The molecule has 0 atom stereocenters. The van der Waals surface area contributed by atoms with Gasteiger partial charge < -0.3 is 20.3 Å². The van der Waals surface area contributed by atoms with Crippen molar-refractivity contribution in [2.45, 2.75) is 25.5 Å². The van der Waals surface area contributed by atoms with Crippen molar-refractivity contribution in [2.24, 2.45) is 0 Å². The van der Waals surface area contributed by atoms with Crippen molar-refractivity contribution in [3.63, 3.8) is 0 Å². The lowest BCUT2D eigenvalue weighted by Gasteiger charge is -2.33. The summed E-state index contributed by atoms with van der Waals surface area (Å²) in [4.78, 5) is 18.6. The zero-order valence-corrected chi connectivity index (χ0v) is 14.1. The standard InChI is InChI=1S/C18H20F2N4O2/c19-17(20)26-15-6-4-13(5-7-15)22-18(25)23-14-8-11-24(12-9-14)16-3-1-2-10-21-16/h1-7,10,14,17H,8-9,11-12H2,(H2,22,23,25). The number of nitrogens with one attached hydrogen (secondary N) is 2. The Hall–Kier alpha value is -2.90. The lowest BCUT2D eigenvalue weighted by molar-refractivity contribution is -0.0498. The largest absolute Gasteiger partial charge is 0.435 e. The summed E-state index contributed by atoms with van der Waals surface area (Å²) in [5, 5.41) is 5.63. The molecular weight excluding hydrogens is 342 g/mol. The summed E-state index contributed by atoms with van der Waals surface area (Å²) < 4.78 is 28.5. The van der Waals surface area contributed by atoms with Gasteiger partial charge in [-0.15, -0.1) is 0 Å². The van der Waals surface area contributed by atoms with Crippen LogP contribution in [0, 0.1) is 0 Å². The topological polar surface area (TPSA) is 66.5 Å². The minimum Gasteiger partial charge on any atom is -0.435 e. The first-order chi connectivity index (χ1) is 12.6. The van der Waals surface area contributed by atoms with Gasteiger partial charge in [-0.25, -0.2) is 9.78 Å². The molecule has 1 aliphatic heterocycles. The second-order valence-corrected chi connectivity index (χ2v) is 5.95. The minimum absolute atomic E-state index is 0.0489. The van der Waals surface area contributed by atoms with Crippen LogP contribution in [0.4, 0.5) is 25.1 Å². The van der Waals surface area contributed by atoms with Gasteiger partial charge in [-0.2, -0.15) is 8.78 Å². The van der Waals surface area contributed by atoms with E-state index in [0.29, 0.717) is 5.69 Å². The Morgan fingerprint density at radius 1 is 1.15 bits per heavy atom. The van der Waals surface area contributed by atoms with Crippen LogP contribution in [-0.2, 0) is 0 Å². The molecule has 0 saturated carbocycles. The molecule has 1 aromatic heterocycles. The highest BCUT2D eigenvalue weighted by atomic mass is 19.3. The molecule has 2 N–H and O–H groups in total. The molecule has 8 heteroatoms. The first-order valence-electron chi connectivity index (χ1n) is 8.38. The third kappa shape index (κ3) is 5.05. The van der Waals surface area contributed by atoms with E-state index in [4.69, 9.17) is 0 Å². The van der Waals surface area contributed by atoms with Crippen molar-refractivity contribution in [3.05, 3.63) is 48.7 Å². The highest BCUT2D eigenvalue weighted by molar-refractivity contribution is 5.89. The van der Waals surface area contributed by atoms with Crippen LogP contribution in [0.3, 0.4) is 0 Å². The maximum absolute atomic E-state index is 12.1. The number of urea groups is 1. The molecule has 1 aromatic carbocycles. The van der Waals surface area contributed by atoms with Crippen LogP contribution in [0.1, 0.15) is 12.8 Å². The summed E-state index contributed by atoms with van der Waals surface area (Å²) in [6.45, 7) is -1.22. The van der Waals surface area contributed by atoms with Gasteiger partial charge in [0.15, 0.2) is 0 Å². The molecule has 1 saturated heterocycles. The molecule has 2 amide bonds. The van der Waals surface area contributed by atoms with E-state index in [0.717, 1.165) is 31.7 Å². The first-order valence-corrected chi connectivity index (χ1v) is 8.38. The smallest absolute Gasteiger partial charge is 0.387 e. The number of hydrogen-bond donors (Lipinski definition) is 2. The summed E-state index contributed by atoms with van der Waals surface area (Å²) in [5.41, 5.74) is 0.509. The fraction of sp³-hybridized carbons (Fsp3) is 0.333. The van der Waals surface area contributed by atoms with Crippen molar-refractivity contribution in [2.75, 3.05) is 23.3 Å². The summed E-state index contributed by atoms with van der Waals surface area (Å²) in [6.07, 6.45) is 3.42. The minimum atomic E-state index is -2.87. The molecule has 0 unspecified atom stereocenters. The first kappa shape index (κ1) is 17.9. The Balaban J connectivity index is 1.44. The van der Waals surface area contributed by atoms with Crippen LogP contribution in [0.5, 0.6) is 5.75 Å². The van der Waals surface area contributed by atoms with E-state index in [1.165, 1.54) is 24.3 Å².